The molecule has 1 aromatic carbocycles. The molecule has 1 aliphatic rings. The van der Waals surface area contributed by atoms with Crippen molar-refractivity contribution in [2.24, 2.45) is 0 Å². The Hall–Kier alpha value is -0.860. The molecule has 2 nitrogen and oxygen atoms in total. The topological polar surface area (TPSA) is 26.3 Å². The van der Waals surface area contributed by atoms with Crippen molar-refractivity contribution in [2.45, 2.75) is 37.7 Å². The number of halogens is 1. The van der Waals surface area contributed by atoms with E-state index in [4.69, 9.17) is 16.3 Å². The van der Waals surface area contributed by atoms with Crippen LogP contribution in [0.2, 0.25) is 0 Å². The van der Waals surface area contributed by atoms with Gasteiger partial charge in [0.05, 0.1) is 0 Å². The molecule has 0 radical (unpaired) electrons. The molecule has 0 saturated heterocycles. The van der Waals surface area contributed by atoms with Crippen LogP contribution >= 0.6 is 11.6 Å². The first kappa shape index (κ1) is 13.6. The lowest BCUT2D eigenvalue weighted by Gasteiger charge is -2.36. The van der Waals surface area contributed by atoms with Crippen LogP contribution in [-0.2, 0) is 21.6 Å². The number of carbonyl (C=O) groups is 1. The van der Waals surface area contributed by atoms with Gasteiger partial charge in [-0.15, -0.1) is 11.6 Å². The summed E-state index contributed by atoms with van der Waals surface area (Å²) in [6.07, 6.45) is 3.97. The third-order valence-electron chi connectivity index (χ3n) is 3.79. The summed E-state index contributed by atoms with van der Waals surface area (Å²) in [5.41, 5.74) is 1.56. The number of unbranched alkanes of at least 4 members (excludes halogenated alkanes) is 1. The fourth-order valence-electron chi connectivity index (χ4n) is 2.80. The zero-order chi connectivity index (χ0) is 13.0. The molecule has 2 rings (SSSR count). The van der Waals surface area contributed by atoms with Crippen LogP contribution in [0.5, 0.6) is 0 Å². The van der Waals surface area contributed by atoms with Gasteiger partial charge in [-0.1, -0.05) is 24.3 Å². The number of alkyl halides is 1. The number of hydrogen-bond donors (Lipinski definition) is 0. The summed E-state index contributed by atoms with van der Waals surface area (Å²) in [6.45, 7) is 0. The highest BCUT2D eigenvalue weighted by Crippen LogP contribution is 2.39. The minimum Gasteiger partial charge on any atom is -0.366 e. The molecule has 18 heavy (non-hydrogen) atoms. The van der Waals surface area contributed by atoms with Crippen molar-refractivity contribution < 1.29 is 9.53 Å². The number of ketones is 1. The fourth-order valence-corrected chi connectivity index (χ4v) is 2.99. The normalized spacial score (nSPS) is 22.9. The van der Waals surface area contributed by atoms with Crippen LogP contribution in [-0.4, -0.2) is 18.8 Å². The Labute approximate surface area is 113 Å². The molecule has 1 unspecified atom stereocenters. The largest absolute Gasteiger partial charge is 0.366 e. The Morgan fingerprint density at radius 1 is 1.28 bits per heavy atom. The van der Waals surface area contributed by atoms with Gasteiger partial charge in [0.15, 0.2) is 11.4 Å². The summed E-state index contributed by atoms with van der Waals surface area (Å²) in [7, 11) is 1.64. The number of aryl methyl sites for hydroxylation is 1. The van der Waals surface area contributed by atoms with Crippen LogP contribution in [0.4, 0.5) is 0 Å². The van der Waals surface area contributed by atoms with Crippen LogP contribution in [0.1, 0.15) is 36.8 Å². The molecule has 1 aromatic rings. The molecule has 0 fully saturated rings. The molecule has 0 spiro atoms. The number of fused-ring (bicyclic) bond motifs is 1. The third kappa shape index (κ3) is 2.32. The molecule has 1 aliphatic carbocycles. The first-order valence-electron chi connectivity index (χ1n) is 6.47. The Kier molecular flexibility index (Phi) is 4.41. The van der Waals surface area contributed by atoms with Crippen LogP contribution in [0.15, 0.2) is 24.3 Å². The predicted octanol–water partition coefficient (Wildman–Crippen LogP) is 3.45. The van der Waals surface area contributed by atoms with E-state index in [1.165, 1.54) is 5.56 Å². The number of ether oxygens (including phenoxy) is 1. The highest BCUT2D eigenvalue weighted by Gasteiger charge is 2.43. The van der Waals surface area contributed by atoms with Crippen molar-refractivity contribution in [3.8, 4) is 0 Å². The maximum Gasteiger partial charge on any atom is 0.169 e. The maximum absolute atomic E-state index is 12.3. The van der Waals surface area contributed by atoms with Crippen molar-refractivity contribution in [1.82, 2.24) is 0 Å². The number of Topliss-reactive ketones (excluding diaryl/α,β-unsaturated/α-hetero) is 1. The van der Waals surface area contributed by atoms with Crippen LogP contribution < -0.4 is 0 Å². The van der Waals surface area contributed by atoms with Gasteiger partial charge in [0.25, 0.3) is 0 Å². The van der Waals surface area contributed by atoms with Gasteiger partial charge >= 0.3 is 0 Å². The van der Waals surface area contributed by atoms with Crippen LogP contribution in [0.25, 0.3) is 0 Å². The van der Waals surface area contributed by atoms with Gasteiger partial charge in [0.1, 0.15) is 0 Å². The summed E-state index contributed by atoms with van der Waals surface area (Å²) < 4.78 is 5.67. The van der Waals surface area contributed by atoms with E-state index < -0.39 is 5.60 Å². The lowest BCUT2D eigenvalue weighted by molar-refractivity contribution is -0.145. The van der Waals surface area contributed by atoms with E-state index in [2.05, 4.69) is 6.07 Å². The molecule has 0 N–H and O–H groups in total. The van der Waals surface area contributed by atoms with Crippen molar-refractivity contribution in [3.63, 3.8) is 0 Å². The average Bonchev–Trinajstić information content (AvgIpc) is 2.42. The van der Waals surface area contributed by atoms with Crippen molar-refractivity contribution in [3.05, 3.63) is 35.4 Å². The van der Waals surface area contributed by atoms with Gasteiger partial charge in [0, 0.05) is 19.4 Å². The summed E-state index contributed by atoms with van der Waals surface area (Å²) in [4.78, 5) is 12.3. The average molecular weight is 267 g/mol. The number of hydrogen-bond acceptors (Lipinski definition) is 2. The number of benzene rings is 1. The second-order valence-corrected chi connectivity index (χ2v) is 5.14. The quantitative estimate of drug-likeness (QED) is 0.603. The van der Waals surface area contributed by atoms with Gasteiger partial charge in [-0.2, -0.15) is 0 Å². The predicted molar refractivity (Wildman–Crippen MR) is 73.0 cm³/mol. The van der Waals surface area contributed by atoms with Crippen molar-refractivity contribution in [1.29, 1.82) is 0 Å². The van der Waals surface area contributed by atoms with Gasteiger partial charge < -0.3 is 4.74 Å². The second kappa shape index (κ2) is 5.85. The molecular weight excluding hydrogens is 248 g/mol. The zero-order valence-electron chi connectivity index (χ0n) is 10.7. The highest BCUT2D eigenvalue weighted by atomic mass is 35.5. The molecule has 0 aromatic heterocycles. The lowest BCUT2D eigenvalue weighted by Crippen LogP contribution is -2.41. The molecular formula is C15H19ClO2. The number of methoxy groups -OCH3 is 1. The monoisotopic (exact) mass is 266 g/mol. The molecule has 98 valence electrons. The third-order valence-corrected chi connectivity index (χ3v) is 4.05. The van der Waals surface area contributed by atoms with Gasteiger partial charge in [0.2, 0.25) is 0 Å². The Morgan fingerprint density at radius 3 is 2.78 bits per heavy atom. The first-order valence-corrected chi connectivity index (χ1v) is 7.01. The van der Waals surface area contributed by atoms with E-state index in [9.17, 15) is 4.79 Å². The van der Waals surface area contributed by atoms with E-state index in [0.29, 0.717) is 12.3 Å². The van der Waals surface area contributed by atoms with Crippen LogP contribution in [0.3, 0.4) is 0 Å². The van der Waals surface area contributed by atoms with Gasteiger partial charge in [-0.3, -0.25) is 4.79 Å². The maximum atomic E-state index is 12.3. The molecule has 3 heteroatoms. The molecule has 1 atom stereocenters. The minimum absolute atomic E-state index is 0.207. The van der Waals surface area contributed by atoms with Crippen molar-refractivity contribution in [2.75, 3.05) is 13.0 Å². The molecule has 0 heterocycles. The summed E-state index contributed by atoms with van der Waals surface area (Å²) in [5.74, 6) is 0.841. The van der Waals surface area contributed by atoms with Crippen LogP contribution in [0, 0.1) is 0 Å². The number of carbonyl (C=O) groups excluding carboxylic acids is 1. The van der Waals surface area contributed by atoms with E-state index >= 15 is 0 Å². The Morgan fingerprint density at radius 2 is 2.06 bits per heavy atom. The minimum atomic E-state index is -0.735. The molecule has 0 saturated carbocycles. The molecule has 0 bridgehead atoms. The van der Waals surface area contributed by atoms with Gasteiger partial charge in [-0.05, 0) is 36.8 Å². The summed E-state index contributed by atoms with van der Waals surface area (Å²) in [5, 5.41) is 0. The molecule has 0 aliphatic heterocycles. The smallest absolute Gasteiger partial charge is 0.169 e. The summed E-state index contributed by atoms with van der Waals surface area (Å²) >= 11 is 5.72. The summed E-state index contributed by atoms with van der Waals surface area (Å²) in [6, 6.07) is 8.12. The van der Waals surface area contributed by atoms with E-state index in [1.54, 1.807) is 7.11 Å². The van der Waals surface area contributed by atoms with Crippen molar-refractivity contribution >= 4 is 17.4 Å². The van der Waals surface area contributed by atoms with Gasteiger partial charge in [-0.25, -0.2) is 0 Å². The number of rotatable bonds is 5. The Bertz CT molecular complexity index is 430. The highest BCUT2D eigenvalue weighted by molar-refractivity contribution is 6.17. The SMILES string of the molecule is COC1(CCCCCl)C(=O)CCc2ccccc21. The van der Waals surface area contributed by atoms with E-state index in [0.717, 1.165) is 31.2 Å². The van der Waals surface area contributed by atoms with E-state index in [-0.39, 0.29) is 5.78 Å². The second-order valence-electron chi connectivity index (χ2n) is 4.76. The lowest BCUT2D eigenvalue weighted by atomic mass is 9.75. The van der Waals surface area contributed by atoms with E-state index in [1.807, 2.05) is 18.2 Å². The first-order chi connectivity index (χ1) is 8.74. The fraction of sp³-hybridized carbons (Fsp3) is 0.533. The standard InChI is InChI=1S/C15H19ClO2/c1-18-15(10-4-5-11-16)13-7-3-2-6-12(13)8-9-14(15)17/h2-3,6-7H,4-5,8-11H2,1H3. The zero-order valence-corrected chi connectivity index (χ0v) is 11.5. The Balaban J connectivity index is 2.34. The molecule has 0 amide bonds.